The van der Waals surface area contributed by atoms with Crippen LogP contribution in [-0.4, -0.2) is 41.0 Å². The first-order chi connectivity index (χ1) is 10.5. The second kappa shape index (κ2) is 10.7. The number of carbonyl (C=O) groups is 1. The van der Waals surface area contributed by atoms with Crippen LogP contribution in [0.25, 0.3) is 0 Å². The van der Waals surface area contributed by atoms with Crippen molar-refractivity contribution in [1.29, 1.82) is 0 Å². The smallest absolute Gasteiger partial charge is 0.224 e. The van der Waals surface area contributed by atoms with Crippen LogP contribution in [0.5, 0.6) is 0 Å². The van der Waals surface area contributed by atoms with Gasteiger partial charge in [-0.3, -0.25) is 4.79 Å². The maximum atomic E-state index is 12.1. The van der Waals surface area contributed by atoms with Gasteiger partial charge in [0.15, 0.2) is 0 Å². The Kier molecular flexibility index (Phi) is 10.2. The Morgan fingerprint density at radius 1 is 1.33 bits per heavy atom. The van der Waals surface area contributed by atoms with Gasteiger partial charge in [-0.2, -0.15) is 0 Å². The van der Waals surface area contributed by atoms with Crippen LogP contribution in [0.3, 0.4) is 0 Å². The van der Waals surface area contributed by atoms with Crippen LogP contribution in [0.1, 0.15) is 39.3 Å². The summed E-state index contributed by atoms with van der Waals surface area (Å²) in [7, 11) is 0. The lowest BCUT2D eigenvalue weighted by Crippen LogP contribution is -2.48. The molecule has 0 radical (unpaired) electrons. The van der Waals surface area contributed by atoms with Crippen LogP contribution < -0.4 is 16.0 Å². The number of rotatable bonds is 5. The highest BCUT2D eigenvalue weighted by Gasteiger charge is 2.24. The fourth-order valence-electron chi connectivity index (χ4n) is 2.58. The second-order valence-electron chi connectivity index (χ2n) is 6.14. The quantitative estimate of drug-likeness (QED) is 0.818. The molecule has 0 saturated carbocycles. The predicted molar refractivity (Wildman–Crippen MR) is 102 cm³/mol. The molecule has 1 aliphatic rings. The number of nitrogens with two attached hydrogens (primary N) is 1. The predicted octanol–water partition coefficient (Wildman–Crippen LogP) is 1.95. The van der Waals surface area contributed by atoms with Crippen molar-refractivity contribution >= 4 is 36.5 Å². The first kappa shape index (κ1) is 22.9. The number of amides is 1. The fourth-order valence-corrected chi connectivity index (χ4v) is 2.58. The van der Waals surface area contributed by atoms with E-state index in [9.17, 15) is 4.79 Å². The summed E-state index contributed by atoms with van der Waals surface area (Å²) < 4.78 is 0. The molecule has 1 amide bonds. The summed E-state index contributed by atoms with van der Waals surface area (Å²) in [5.41, 5.74) is 6.85. The van der Waals surface area contributed by atoms with Crippen LogP contribution in [0.15, 0.2) is 12.4 Å². The highest BCUT2D eigenvalue weighted by atomic mass is 35.5. The molecule has 0 bridgehead atoms. The minimum absolute atomic E-state index is 0. The largest absolute Gasteiger partial charge is 0.356 e. The third-order valence-corrected chi connectivity index (χ3v) is 4.44. The molecule has 1 saturated heterocycles. The first-order valence-corrected chi connectivity index (χ1v) is 8.13. The van der Waals surface area contributed by atoms with Gasteiger partial charge in [0.2, 0.25) is 5.91 Å². The van der Waals surface area contributed by atoms with Gasteiger partial charge in [0.25, 0.3) is 0 Å². The maximum absolute atomic E-state index is 12.1. The zero-order valence-electron chi connectivity index (χ0n) is 14.6. The van der Waals surface area contributed by atoms with Gasteiger partial charge in [0, 0.05) is 42.9 Å². The van der Waals surface area contributed by atoms with Gasteiger partial charge in [-0.25, -0.2) is 9.97 Å². The van der Waals surface area contributed by atoms with Crippen molar-refractivity contribution in [2.45, 2.75) is 52.1 Å². The Hall–Kier alpha value is -1.11. The topological polar surface area (TPSA) is 84.1 Å². The lowest BCUT2D eigenvalue weighted by atomic mass is 10.0. The molecule has 2 heterocycles. The normalized spacial score (nSPS) is 17.2. The molecule has 0 spiro atoms. The minimum atomic E-state index is -0.146. The third kappa shape index (κ3) is 6.07. The molecule has 138 valence electrons. The van der Waals surface area contributed by atoms with Crippen LogP contribution in [-0.2, 0) is 11.2 Å². The van der Waals surface area contributed by atoms with Gasteiger partial charge in [0.1, 0.15) is 12.1 Å². The van der Waals surface area contributed by atoms with E-state index in [-0.39, 0.29) is 48.7 Å². The lowest BCUT2D eigenvalue weighted by Gasteiger charge is -2.33. The number of aryl methyl sites for hydroxylation is 1. The molecule has 1 aliphatic heterocycles. The van der Waals surface area contributed by atoms with Gasteiger partial charge in [0.05, 0.1) is 0 Å². The highest BCUT2D eigenvalue weighted by Crippen LogP contribution is 2.18. The zero-order valence-corrected chi connectivity index (χ0v) is 16.2. The zero-order chi connectivity index (χ0) is 16.1. The Balaban J connectivity index is 0.00000264. The molecule has 24 heavy (non-hydrogen) atoms. The summed E-state index contributed by atoms with van der Waals surface area (Å²) in [5, 5.41) is 3.12. The molecule has 0 aromatic carbocycles. The van der Waals surface area contributed by atoms with Gasteiger partial charge >= 0.3 is 0 Å². The number of anilines is 1. The van der Waals surface area contributed by atoms with Crippen LogP contribution in [0.2, 0.25) is 0 Å². The number of hydrogen-bond donors (Lipinski definition) is 2. The lowest BCUT2D eigenvalue weighted by molar-refractivity contribution is -0.125. The van der Waals surface area contributed by atoms with E-state index in [1.165, 1.54) is 0 Å². The second-order valence-corrected chi connectivity index (χ2v) is 6.14. The van der Waals surface area contributed by atoms with Crippen molar-refractivity contribution in [2.75, 3.05) is 18.0 Å². The standard InChI is InChI=1S/C16H27N5O.2ClH/c1-4-13-9-15(19-10-18-13)21-7-5-14(6-8-21)20-16(22)11(2)12(3)17;;/h9-12,14H,4-8,17H2,1-3H3,(H,20,22);2*1H. The van der Waals surface area contributed by atoms with E-state index in [1.54, 1.807) is 6.33 Å². The molecule has 0 aliphatic carbocycles. The number of nitrogens with one attached hydrogen (secondary N) is 1. The van der Waals surface area contributed by atoms with E-state index in [2.05, 4.69) is 33.2 Å². The Labute approximate surface area is 156 Å². The minimum Gasteiger partial charge on any atom is -0.356 e. The maximum Gasteiger partial charge on any atom is 0.224 e. The molecule has 2 unspecified atom stereocenters. The van der Waals surface area contributed by atoms with E-state index in [4.69, 9.17) is 5.73 Å². The Bertz CT molecular complexity index is 507. The highest BCUT2D eigenvalue weighted by molar-refractivity contribution is 5.85. The van der Waals surface area contributed by atoms with Crippen molar-refractivity contribution in [3.05, 3.63) is 18.1 Å². The van der Waals surface area contributed by atoms with Crippen molar-refractivity contribution in [3.8, 4) is 0 Å². The summed E-state index contributed by atoms with van der Waals surface area (Å²) in [5.74, 6) is 0.899. The van der Waals surface area contributed by atoms with Gasteiger partial charge in [-0.15, -0.1) is 24.8 Å². The molecule has 8 heteroatoms. The number of halogens is 2. The van der Waals surface area contributed by atoms with E-state index in [0.717, 1.165) is 43.9 Å². The van der Waals surface area contributed by atoms with Gasteiger partial charge < -0.3 is 16.0 Å². The molecule has 3 N–H and O–H groups in total. The van der Waals surface area contributed by atoms with Crippen LogP contribution >= 0.6 is 24.8 Å². The monoisotopic (exact) mass is 377 g/mol. The van der Waals surface area contributed by atoms with Crippen molar-refractivity contribution in [1.82, 2.24) is 15.3 Å². The molecule has 6 nitrogen and oxygen atoms in total. The third-order valence-electron chi connectivity index (χ3n) is 4.44. The Morgan fingerprint density at radius 3 is 2.50 bits per heavy atom. The molecular weight excluding hydrogens is 349 g/mol. The number of nitrogens with zero attached hydrogens (tertiary/aromatic N) is 3. The molecular formula is C16H29Cl2N5O. The number of carbonyl (C=O) groups excluding carboxylic acids is 1. The molecule has 2 atom stereocenters. The summed E-state index contributed by atoms with van der Waals surface area (Å²) in [6, 6.07) is 2.17. The summed E-state index contributed by atoms with van der Waals surface area (Å²) in [6.45, 7) is 7.64. The van der Waals surface area contributed by atoms with Crippen LogP contribution in [0, 0.1) is 5.92 Å². The van der Waals surface area contributed by atoms with Crippen molar-refractivity contribution in [2.24, 2.45) is 11.7 Å². The fraction of sp³-hybridized carbons (Fsp3) is 0.688. The van der Waals surface area contributed by atoms with E-state index in [1.807, 2.05) is 13.8 Å². The molecule has 2 rings (SSSR count). The molecule has 1 aromatic rings. The summed E-state index contributed by atoms with van der Waals surface area (Å²) in [6.07, 6.45) is 4.41. The van der Waals surface area contributed by atoms with E-state index in [0.29, 0.717) is 0 Å². The number of piperidine rings is 1. The van der Waals surface area contributed by atoms with Crippen LogP contribution in [0.4, 0.5) is 5.82 Å². The van der Waals surface area contributed by atoms with Crippen molar-refractivity contribution in [3.63, 3.8) is 0 Å². The average Bonchev–Trinajstić information content (AvgIpc) is 2.54. The first-order valence-electron chi connectivity index (χ1n) is 8.13. The summed E-state index contributed by atoms with van der Waals surface area (Å²) >= 11 is 0. The molecule has 1 fully saturated rings. The number of aromatic nitrogens is 2. The SMILES string of the molecule is CCc1cc(N2CCC(NC(=O)C(C)C(C)N)CC2)ncn1.Cl.Cl. The van der Waals surface area contributed by atoms with Gasteiger partial charge in [-0.05, 0) is 26.2 Å². The molecule has 1 aromatic heterocycles. The number of hydrogen-bond acceptors (Lipinski definition) is 5. The van der Waals surface area contributed by atoms with Crippen molar-refractivity contribution < 1.29 is 4.79 Å². The van der Waals surface area contributed by atoms with E-state index < -0.39 is 0 Å². The Morgan fingerprint density at radius 2 is 1.96 bits per heavy atom. The summed E-state index contributed by atoms with van der Waals surface area (Å²) in [4.78, 5) is 22.9. The van der Waals surface area contributed by atoms with Gasteiger partial charge in [-0.1, -0.05) is 13.8 Å². The van der Waals surface area contributed by atoms with E-state index >= 15 is 0 Å². The average molecular weight is 378 g/mol.